The first kappa shape index (κ1) is 22.6. The monoisotopic (exact) mass is 443 g/mol. The molecule has 1 heterocycles. The molecule has 1 unspecified atom stereocenters. The van der Waals surface area contributed by atoms with E-state index in [4.69, 9.17) is 16.3 Å². The van der Waals surface area contributed by atoms with Crippen molar-refractivity contribution in [1.82, 2.24) is 15.8 Å². The quantitative estimate of drug-likeness (QED) is 0.670. The van der Waals surface area contributed by atoms with E-state index < -0.39 is 17.9 Å². The molecule has 1 aliphatic rings. The zero-order chi connectivity index (χ0) is 22.5. The number of ether oxygens (including phenoxy) is 1. The molecule has 2 aromatic rings. The molecule has 0 bridgehead atoms. The van der Waals surface area contributed by atoms with Crippen molar-refractivity contribution in [2.45, 2.75) is 46.3 Å². The van der Waals surface area contributed by atoms with Crippen LogP contribution in [0.5, 0.6) is 5.75 Å². The molecule has 2 N–H and O–H groups in total. The van der Waals surface area contributed by atoms with Gasteiger partial charge in [0, 0.05) is 30.1 Å². The summed E-state index contributed by atoms with van der Waals surface area (Å²) in [4.78, 5) is 38.2. The van der Waals surface area contributed by atoms with Crippen molar-refractivity contribution in [3.8, 4) is 5.75 Å². The molecule has 0 radical (unpaired) electrons. The highest BCUT2D eigenvalue weighted by molar-refractivity contribution is 6.30. The normalized spacial score (nSPS) is 14.3. The Morgan fingerprint density at radius 3 is 2.35 bits per heavy atom. The zero-order valence-electron chi connectivity index (χ0n) is 17.8. The second kappa shape index (κ2) is 9.83. The third kappa shape index (κ3) is 5.76. The van der Waals surface area contributed by atoms with Gasteiger partial charge in [-0.05, 0) is 68.1 Å². The van der Waals surface area contributed by atoms with Crippen molar-refractivity contribution in [2.24, 2.45) is 0 Å². The van der Waals surface area contributed by atoms with Crippen LogP contribution in [0, 0.1) is 13.8 Å². The van der Waals surface area contributed by atoms with Crippen LogP contribution in [-0.2, 0) is 16.1 Å². The predicted molar refractivity (Wildman–Crippen MR) is 118 cm³/mol. The Hall–Kier alpha value is -3.06. The summed E-state index contributed by atoms with van der Waals surface area (Å²) in [7, 11) is 0. The number of carbonyl (C=O) groups excluding carboxylic acids is 3. The van der Waals surface area contributed by atoms with Gasteiger partial charge in [0.2, 0.25) is 5.91 Å². The van der Waals surface area contributed by atoms with E-state index >= 15 is 0 Å². The second-order valence-electron chi connectivity index (χ2n) is 7.69. The van der Waals surface area contributed by atoms with Crippen LogP contribution < -0.4 is 15.6 Å². The molecule has 8 heteroatoms. The lowest BCUT2D eigenvalue weighted by atomic mass is 10.1. The van der Waals surface area contributed by atoms with Gasteiger partial charge in [-0.3, -0.25) is 25.2 Å². The van der Waals surface area contributed by atoms with E-state index in [0.717, 1.165) is 29.7 Å². The maximum atomic E-state index is 12.3. The molecule has 0 saturated carbocycles. The maximum absolute atomic E-state index is 12.3. The Morgan fingerprint density at radius 2 is 1.77 bits per heavy atom. The Bertz CT molecular complexity index is 968. The number of hydrazine groups is 1. The van der Waals surface area contributed by atoms with Gasteiger partial charge < -0.3 is 9.64 Å². The van der Waals surface area contributed by atoms with E-state index in [0.29, 0.717) is 29.3 Å². The highest BCUT2D eigenvalue weighted by atomic mass is 35.5. The van der Waals surface area contributed by atoms with Crippen molar-refractivity contribution < 1.29 is 19.1 Å². The van der Waals surface area contributed by atoms with E-state index in [1.165, 1.54) is 0 Å². The summed E-state index contributed by atoms with van der Waals surface area (Å²) in [5.41, 5.74) is 7.78. The first-order valence-electron chi connectivity index (χ1n) is 10.1. The first-order valence-corrected chi connectivity index (χ1v) is 10.5. The van der Waals surface area contributed by atoms with Crippen LogP contribution >= 0.6 is 11.6 Å². The molecular weight excluding hydrogens is 418 g/mol. The van der Waals surface area contributed by atoms with Gasteiger partial charge in [-0.2, -0.15) is 0 Å². The highest BCUT2D eigenvalue weighted by Crippen LogP contribution is 2.27. The fourth-order valence-corrected chi connectivity index (χ4v) is 3.79. The fourth-order valence-electron chi connectivity index (χ4n) is 3.46. The summed E-state index contributed by atoms with van der Waals surface area (Å²) in [5.74, 6) is -0.176. The fraction of sp³-hybridized carbons (Fsp3) is 0.348. The second-order valence-corrected chi connectivity index (χ2v) is 8.12. The van der Waals surface area contributed by atoms with Crippen molar-refractivity contribution >= 4 is 29.3 Å². The van der Waals surface area contributed by atoms with Crippen LogP contribution in [0.25, 0.3) is 0 Å². The van der Waals surface area contributed by atoms with Gasteiger partial charge >= 0.3 is 0 Å². The summed E-state index contributed by atoms with van der Waals surface area (Å²) in [5, 5.41) is 0.602. The van der Waals surface area contributed by atoms with E-state index in [-0.39, 0.29) is 5.91 Å². The number of halogens is 1. The van der Waals surface area contributed by atoms with Gasteiger partial charge in [-0.1, -0.05) is 23.7 Å². The van der Waals surface area contributed by atoms with E-state index in [2.05, 4.69) is 10.9 Å². The number of benzene rings is 2. The summed E-state index contributed by atoms with van der Waals surface area (Å²) in [6, 6.07) is 10.5. The molecular formula is C23H26ClN3O4. The molecule has 0 spiro atoms. The molecule has 3 rings (SSSR count). The van der Waals surface area contributed by atoms with Gasteiger partial charge in [-0.25, -0.2) is 0 Å². The van der Waals surface area contributed by atoms with Crippen molar-refractivity contribution in [3.63, 3.8) is 0 Å². The molecule has 3 amide bonds. The third-order valence-electron chi connectivity index (χ3n) is 5.15. The Morgan fingerprint density at radius 1 is 1.13 bits per heavy atom. The highest BCUT2D eigenvalue weighted by Gasteiger charge is 2.20. The summed E-state index contributed by atoms with van der Waals surface area (Å²) >= 11 is 6.02. The molecule has 0 aromatic heterocycles. The lowest BCUT2D eigenvalue weighted by Crippen LogP contribution is -2.47. The zero-order valence-corrected chi connectivity index (χ0v) is 18.6. The number of likely N-dealkylation sites (tertiary alicyclic amines) is 1. The number of hydrogen-bond donors (Lipinski definition) is 2. The van der Waals surface area contributed by atoms with E-state index in [9.17, 15) is 14.4 Å². The standard InChI is InChI=1S/C23H26ClN3O4/c1-14-11-19(24)12-15(2)21(14)31-16(3)22(29)25-26-23(30)18-8-6-17(7-9-18)13-27-10-4-5-20(27)28/h6-9,11-12,16H,4-5,10,13H2,1-3H3,(H,25,29)(H,26,30). The van der Waals surface area contributed by atoms with Gasteiger partial charge in [0.25, 0.3) is 11.8 Å². The Balaban J connectivity index is 1.51. The van der Waals surface area contributed by atoms with Crippen LogP contribution in [0.1, 0.15) is 46.8 Å². The SMILES string of the molecule is Cc1cc(Cl)cc(C)c1OC(C)C(=O)NNC(=O)c1ccc(CN2CCCC2=O)cc1. The van der Waals surface area contributed by atoms with Gasteiger partial charge in [-0.15, -0.1) is 0 Å². The van der Waals surface area contributed by atoms with Crippen molar-refractivity contribution in [3.05, 3.63) is 63.7 Å². The number of nitrogens with one attached hydrogen (secondary N) is 2. The van der Waals surface area contributed by atoms with Crippen LogP contribution in [0.3, 0.4) is 0 Å². The molecule has 7 nitrogen and oxygen atoms in total. The summed E-state index contributed by atoms with van der Waals surface area (Å²) < 4.78 is 5.76. The largest absolute Gasteiger partial charge is 0.480 e. The molecule has 0 aliphatic carbocycles. The molecule has 1 aliphatic heterocycles. The molecule has 2 aromatic carbocycles. The molecule has 31 heavy (non-hydrogen) atoms. The minimum Gasteiger partial charge on any atom is -0.480 e. The van der Waals surface area contributed by atoms with Gasteiger partial charge in [0.1, 0.15) is 5.75 Å². The Labute approximate surface area is 186 Å². The summed E-state index contributed by atoms with van der Waals surface area (Å²) in [6.45, 7) is 6.61. The number of hydrogen-bond acceptors (Lipinski definition) is 4. The average molecular weight is 444 g/mol. The molecule has 1 atom stereocenters. The number of aryl methyl sites for hydroxylation is 2. The van der Waals surface area contributed by atoms with Crippen LogP contribution in [0.15, 0.2) is 36.4 Å². The van der Waals surface area contributed by atoms with Crippen molar-refractivity contribution in [2.75, 3.05) is 6.54 Å². The predicted octanol–water partition coefficient (Wildman–Crippen LogP) is 3.31. The van der Waals surface area contributed by atoms with E-state index in [1.807, 2.05) is 13.8 Å². The van der Waals surface area contributed by atoms with Crippen LogP contribution in [-0.4, -0.2) is 35.3 Å². The lowest BCUT2D eigenvalue weighted by molar-refractivity contribution is -0.128. The van der Waals surface area contributed by atoms with Crippen LogP contribution in [0.4, 0.5) is 0 Å². The maximum Gasteiger partial charge on any atom is 0.279 e. The van der Waals surface area contributed by atoms with Gasteiger partial charge in [0.05, 0.1) is 0 Å². The molecule has 1 saturated heterocycles. The molecule has 164 valence electrons. The number of rotatable bonds is 6. The smallest absolute Gasteiger partial charge is 0.279 e. The Kier molecular flexibility index (Phi) is 7.17. The average Bonchev–Trinajstić information content (AvgIpc) is 3.13. The van der Waals surface area contributed by atoms with Gasteiger partial charge in [0.15, 0.2) is 6.10 Å². The third-order valence-corrected chi connectivity index (χ3v) is 5.37. The topological polar surface area (TPSA) is 87.7 Å². The van der Waals surface area contributed by atoms with Crippen LogP contribution in [0.2, 0.25) is 5.02 Å². The lowest BCUT2D eigenvalue weighted by Gasteiger charge is -2.18. The minimum absolute atomic E-state index is 0.157. The molecule has 1 fully saturated rings. The van der Waals surface area contributed by atoms with Crippen molar-refractivity contribution in [1.29, 1.82) is 0 Å². The number of amides is 3. The van der Waals surface area contributed by atoms with E-state index in [1.54, 1.807) is 48.2 Å². The minimum atomic E-state index is -0.820. The number of nitrogens with zero attached hydrogens (tertiary/aromatic N) is 1. The summed E-state index contributed by atoms with van der Waals surface area (Å²) in [6.07, 6.45) is 0.664. The first-order chi connectivity index (χ1) is 14.7. The number of carbonyl (C=O) groups is 3.